The fourth-order valence-corrected chi connectivity index (χ4v) is 15.1. The molecule has 0 N–H and O–H groups in total. The number of benzene rings is 11. The summed E-state index contributed by atoms with van der Waals surface area (Å²) in [6.07, 6.45) is 0. The van der Waals surface area contributed by atoms with Crippen LogP contribution in [0.1, 0.15) is 11.1 Å². The first kappa shape index (κ1) is 41.5. The van der Waals surface area contributed by atoms with E-state index in [4.69, 9.17) is 8.83 Å². The number of hydrogen-bond donors (Lipinski definition) is 0. The molecule has 350 valence electrons. The molecule has 6 nitrogen and oxygen atoms in total. The van der Waals surface area contributed by atoms with Gasteiger partial charge < -0.3 is 18.0 Å². The topological polar surface area (TPSA) is 83.7 Å². The van der Waals surface area contributed by atoms with Crippen LogP contribution in [0.3, 0.4) is 0 Å². The maximum absolute atomic E-state index is 12.4. The summed E-state index contributed by atoms with van der Waals surface area (Å²) in [6, 6.07) is 77.6. The summed E-state index contributed by atoms with van der Waals surface area (Å²) in [6.45, 7) is 0. The molecular weight excluding hydrogens is 969 g/mol. The molecule has 8 heteroatoms. The largest absolute Gasteiger partial charge is 0.456 e. The van der Waals surface area contributed by atoms with Crippen LogP contribution in [-0.2, 0) is 0 Å². The van der Waals surface area contributed by atoms with Crippen molar-refractivity contribution in [2.45, 2.75) is 0 Å². The zero-order chi connectivity index (χ0) is 49.9. The monoisotopic (exact) mass is 1000 g/mol. The third kappa shape index (κ3) is 5.45. The molecule has 0 aliphatic heterocycles. The van der Waals surface area contributed by atoms with Gasteiger partial charge in [-0.15, -0.1) is 22.7 Å². The van der Waals surface area contributed by atoms with Crippen LogP contribution in [0.25, 0.3) is 161 Å². The molecule has 0 unspecified atom stereocenters. The number of thiophene rings is 2. The SMILES string of the molecule is N#Cc1c(-c2ccc3c(c2)oc2ccccc23)c(C#N)c(-n2c3ccccc3c3ccc4c5ccccc5sc4c32)c(-c2ccc3c(c2)oc2ccccc23)c1-n1c2ccccc2c2ccc3c4ccccc4sc3c21. The first-order chi connectivity index (χ1) is 37.6. The average Bonchev–Trinajstić information content (AvgIpc) is 4.50. The van der Waals surface area contributed by atoms with Crippen molar-refractivity contribution < 1.29 is 8.83 Å². The van der Waals surface area contributed by atoms with Gasteiger partial charge in [-0.3, -0.25) is 0 Å². The summed E-state index contributed by atoms with van der Waals surface area (Å²) in [4.78, 5) is 0. The Hall–Kier alpha value is -9.96. The van der Waals surface area contributed by atoms with Crippen molar-refractivity contribution >= 4 is 151 Å². The summed E-state index contributed by atoms with van der Waals surface area (Å²) in [5, 5.41) is 37.6. The van der Waals surface area contributed by atoms with Gasteiger partial charge in [0.2, 0.25) is 0 Å². The second-order valence-corrected chi connectivity index (χ2v) is 21.7. The van der Waals surface area contributed by atoms with Gasteiger partial charge in [0, 0.05) is 85.2 Å². The number of fused-ring (bicyclic) bond motifs is 20. The molecule has 6 aromatic heterocycles. The molecule has 0 saturated heterocycles. The fourth-order valence-electron chi connectivity index (χ4n) is 12.6. The lowest BCUT2D eigenvalue weighted by Gasteiger charge is -2.25. The molecule has 0 aliphatic carbocycles. The highest BCUT2D eigenvalue weighted by Gasteiger charge is 2.33. The Labute approximate surface area is 439 Å². The van der Waals surface area contributed by atoms with Gasteiger partial charge in [0.05, 0.1) is 54.0 Å². The van der Waals surface area contributed by atoms with E-state index in [0.717, 1.165) is 108 Å². The zero-order valence-electron chi connectivity index (χ0n) is 40.1. The van der Waals surface area contributed by atoms with Gasteiger partial charge in [0.1, 0.15) is 34.5 Å². The maximum atomic E-state index is 12.4. The molecule has 0 radical (unpaired) electrons. The highest BCUT2D eigenvalue weighted by atomic mass is 32.1. The van der Waals surface area contributed by atoms with Crippen LogP contribution in [0.15, 0.2) is 215 Å². The molecule has 0 amide bonds. The van der Waals surface area contributed by atoms with E-state index in [1.54, 1.807) is 22.7 Å². The minimum absolute atomic E-state index is 0.365. The molecule has 0 aliphatic rings. The Morgan fingerprint density at radius 1 is 0.329 bits per heavy atom. The van der Waals surface area contributed by atoms with Gasteiger partial charge in [-0.2, -0.15) is 10.5 Å². The summed E-state index contributed by atoms with van der Waals surface area (Å²) < 4.78 is 22.6. The minimum Gasteiger partial charge on any atom is -0.456 e. The van der Waals surface area contributed by atoms with Gasteiger partial charge in [-0.25, -0.2) is 0 Å². The normalized spacial score (nSPS) is 12.2. The highest BCUT2D eigenvalue weighted by Crippen LogP contribution is 2.53. The minimum atomic E-state index is 0.365. The molecular formula is C68H34N4O2S2. The maximum Gasteiger partial charge on any atom is 0.136 e. The predicted octanol–water partition coefficient (Wildman–Crippen LogP) is 19.5. The van der Waals surface area contributed by atoms with E-state index in [0.29, 0.717) is 44.8 Å². The molecule has 0 fully saturated rings. The van der Waals surface area contributed by atoms with E-state index in [2.05, 4.69) is 185 Å². The molecule has 0 saturated carbocycles. The Morgan fingerprint density at radius 2 is 0.697 bits per heavy atom. The van der Waals surface area contributed by atoms with E-state index in [1.807, 2.05) is 42.5 Å². The van der Waals surface area contributed by atoms with E-state index < -0.39 is 0 Å². The third-order valence-electron chi connectivity index (χ3n) is 15.8. The summed E-state index contributed by atoms with van der Waals surface area (Å²) in [5.74, 6) is 0. The number of aromatic nitrogens is 2. The lowest BCUT2D eigenvalue weighted by Crippen LogP contribution is -2.11. The second-order valence-electron chi connectivity index (χ2n) is 19.6. The van der Waals surface area contributed by atoms with E-state index in [1.165, 1.54) is 20.2 Å². The van der Waals surface area contributed by atoms with E-state index >= 15 is 0 Å². The first-order valence-electron chi connectivity index (χ1n) is 25.2. The molecule has 17 aromatic rings. The fraction of sp³-hybridized carbons (Fsp3) is 0. The molecule has 17 rings (SSSR count). The summed E-state index contributed by atoms with van der Waals surface area (Å²) in [7, 11) is 0. The van der Waals surface area contributed by atoms with Crippen LogP contribution in [0.2, 0.25) is 0 Å². The first-order valence-corrected chi connectivity index (χ1v) is 26.8. The number of nitrogens with zero attached hydrogens (tertiary/aromatic N) is 4. The van der Waals surface area contributed by atoms with Crippen LogP contribution in [0.5, 0.6) is 0 Å². The van der Waals surface area contributed by atoms with Crippen molar-refractivity contribution in [3.63, 3.8) is 0 Å². The van der Waals surface area contributed by atoms with Crippen LogP contribution in [0, 0.1) is 22.7 Å². The summed E-state index contributed by atoms with van der Waals surface area (Å²) in [5.41, 5.74) is 11.6. The zero-order valence-corrected chi connectivity index (χ0v) is 41.7. The molecule has 0 bridgehead atoms. The van der Waals surface area contributed by atoms with Crippen molar-refractivity contribution in [3.05, 3.63) is 217 Å². The molecule has 0 atom stereocenters. The van der Waals surface area contributed by atoms with Crippen LogP contribution in [0.4, 0.5) is 0 Å². The van der Waals surface area contributed by atoms with Crippen molar-refractivity contribution in [1.82, 2.24) is 9.13 Å². The number of para-hydroxylation sites is 4. The van der Waals surface area contributed by atoms with Gasteiger partial charge in [-0.05, 0) is 71.8 Å². The summed E-state index contributed by atoms with van der Waals surface area (Å²) >= 11 is 3.54. The Kier molecular flexibility index (Phi) is 8.36. The number of furan rings is 2. The molecule has 0 spiro atoms. The second kappa shape index (κ2) is 15.3. The van der Waals surface area contributed by atoms with Gasteiger partial charge in [0.15, 0.2) is 0 Å². The van der Waals surface area contributed by atoms with Crippen molar-refractivity contribution in [2.24, 2.45) is 0 Å². The lowest BCUT2D eigenvalue weighted by atomic mass is 9.86. The van der Waals surface area contributed by atoms with E-state index in [9.17, 15) is 10.5 Å². The molecule has 6 heterocycles. The Bertz CT molecular complexity index is 5300. The standard InChI is InChI=1S/C68H34N4O2S2/c69-35-51-61(37-25-27-43-41-15-3-9-21-55(41)73-57(43)33-37)52(36-70)64(72-54-20-8-2-14-40(54)48-30-32-50-46-18-6-12-24-60(46)76-68(50)66(48)72)62(38-26-28-44-42-16-4-10-22-56(42)74-58(44)34-38)63(51)71-53-19-7-1-13-39(53)47-29-31-49-45-17-5-11-23-59(45)75-67(49)65(47)71/h1-34H. The van der Waals surface area contributed by atoms with Crippen molar-refractivity contribution in [2.75, 3.05) is 0 Å². The number of rotatable bonds is 4. The molecule has 11 aromatic carbocycles. The predicted molar refractivity (Wildman–Crippen MR) is 316 cm³/mol. The third-order valence-corrected chi connectivity index (χ3v) is 18.2. The van der Waals surface area contributed by atoms with Gasteiger partial charge in [0.25, 0.3) is 0 Å². The number of hydrogen-bond acceptors (Lipinski definition) is 6. The van der Waals surface area contributed by atoms with Gasteiger partial charge >= 0.3 is 0 Å². The quantitative estimate of drug-likeness (QED) is 0.176. The van der Waals surface area contributed by atoms with Crippen molar-refractivity contribution in [3.8, 4) is 45.8 Å². The average molecular weight is 1000 g/mol. The Morgan fingerprint density at radius 3 is 1.17 bits per heavy atom. The van der Waals surface area contributed by atoms with Crippen LogP contribution < -0.4 is 0 Å². The van der Waals surface area contributed by atoms with Crippen molar-refractivity contribution in [1.29, 1.82) is 10.5 Å². The van der Waals surface area contributed by atoms with Gasteiger partial charge in [-0.1, -0.05) is 146 Å². The molecule has 76 heavy (non-hydrogen) atoms. The Balaban J connectivity index is 1.15. The van der Waals surface area contributed by atoms with E-state index in [-0.39, 0.29) is 0 Å². The lowest BCUT2D eigenvalue weighted by molar-refractivity contribution is 0.668. The number of nitriles is 2. The van der Waals surface area contributed by atoms with Crippen LogP contribution >= 0.6 is 22.7 Å². The van der Waals surface area contributed by atoms with Crippen LogP contribution in [-0.4, -0.2) is 9.13 Å². The smallest absolute Gasteiger partial charge is 0.136 e. The highest BCUT2D eigenvalue weighted by molar-refractivity contribution is 7.27.